The van der Waals surface area contributed by atoms with E-state index in [1.807, 2.05) is 72.8 Å². The summed E-state index contributed by atoms with van der Waals surface area (Å²) in [5, 5.41) is 17.8. The molecule has 11 aromatic rings. The number of fused-ring (bicyclic) bond motifs is 4. The fourth-order valence-electron chi connectivity index (χ4n) is 8.90. The predicted molar refractivity (Wildman–Crippen MR) is 291 cm³/mol. The maximum Gasteiger partial charge on any atom is 1.00 e. The molecule has 0 aliphatic carbocycles. The first-order valence-electron chi connectivity index (χ1n) is 22.3. The average Bonchev–Trinajstić information content (AvgIpc) is 3.38. The fourth-order valence-corrected chi connectivity index (χ4v) is 15.1. The van der Waals surface area contributed by atoms with Crippen molar-refractivity contribution in [2.24, 2.45) is 0 Å². The minimum Gasteiger partial charge on any atom is -0.366 e. The Balaban J connectivity index is 0.000000167. The van der Waals surface area contributed by atoms with E-state index < -0.39 is 15.8 Å². The molecule has 0 N–H and O–H groups in total. The van der Waals surface area contributed by atoms with E-state index in [0.29, 0.717) is 0 Å². The van der Waals surface area contributed by atoms with Crippen molar-refractivity contribution < 1.29 is 44.8 Å². The summed E-state index contributed by atoms with van der Waals surface area (Å²) >= 11 is 0. The number of aryl methyl sites for hydroxylation is 2. The maximum atomic E-state index is 7.46. The molecule has 0 aliphatic heterocycles. The zero-order valence-electron chi connectivity index (χ0n) is 37.7. The summed E-state index contributed by atoms with van der Waals surface area (Å²) in [6.07, 6.45) is 14.9. The topological polar surface area (TPSA) is 0 Å². The van der Waals surface area contributed by atoms with Crippen LogP contribution < -0.4 is 31.8 Å². The van der Waals surface area contributed by atoms with Crippen LogP contribution >= 0.6 is 15.8 Å². The predicted octanol–water partition coefficient (Wildman–Crippen LogP) is 13.1. The molecule has 0 fully saturated rings. The van der Waals surface area contributed by atoms with Crippen LogP contribution in [-0.4, -0.2) is 0 Å². The zero-order valence-corrected chi connectivity index (χ0v) is 44.0. The molecular formula is C64H48Au2P2+2. The van der Waals surface area contributed by atoms with Gasteiger partial charge >= 0.3 is 44.8 Å². The van der Waals surface area contributed by atoms with Crippen LogP contribution in [0.3, 0.4) is 0 Å². The van der Waals surface area contributed by atoms with Gasteiger partial charge in [-0.1, -0.05) is 191 Å². The van der Waals surface area contributed by atoms with Crippen molar-refractivity contribution in [3.05, 3.63) is 278 Å². The molecule has 334 valence electrons. The van der Waals surface area contributed by atoms with E-state index in [-0.39, 0.29) is 44.8 Å². The number of hydrogen-bond donors (Lipinski definition) is 0. The molecule has 0 aliphatic rings. The van der Waals surface area contributed by atoms with Crippen molar-refractivity contribution in [1.82, 2.24) is 0 Å². The van der Waals surface area contributed by atoms with Crippen molar-refractivity contribution in [2.45, 2.75) is 13.8 Å². The van der Waals surface area contributed by atoms with E-state index in [4.69, 9.17) is 12.8 Å². The fraction of sp³-hybridized carbons (Fsp3) is 0.0312. The first-order valence-corrected chi connectivity index (χ1v) is 25.3. The zero-order chi connectivity index (χ0) is 45.2. The Morgan fingerprint density at radius 2 is 0.515 bits per heavy atom. The van der Waals surface area contributed by atoms with E-state index in [0.717, 1.165) is 54.2 Å². The largest absolute Gasteiger partial charge is 1.00 e. The molecule has 0 bridgehead atoms. The van der Waals surface area contributed by atoms with Crippen LogP contribution in [0.15, 0.2) is 243 Å². The summed E-state index contributed by atoms with van der Waals surface area (Å²) in [5.41, 5.74) is 4.51. The Morgan fingerprint density at radius 3 is 0.750 bits per heavy atom. The Labute approximate surface area is 435 Å². The summed E-state index contributed by atoms with van der Waals surface area (Å²) in [7, 11) is -2.36. The van der Waals surface area contributed by atoms with E-state index in [9.17, 15) is 0 Å². The molecule has 0 saturated carbocycles. The Kier molecular flexibility index (Phi) is 17.4. The third-order valence-corrected chi connectivity index (χ3v) is 18.0. The Hall–Kier alpha value is -6.08. The first-order chi connectivity index (χ1) is 32.5. The van der Waals surface area contributed by atoms with Gasteiger partial charge in [0, 0.05) is 0 Å². The molecule has 68 heavy (non-hydrogen) atoms. The van der Waals surface area contributed by atoms with Crippen molar-refractivity contribution in [1.29, 1.82) is 0 Å². The monoisotopic (exact) mass is 1270 g/mol. The normalized spacial score (nSPS) is 10.5. The SMILES string of the molecule is Cc1cc([PH+](c2ccccc2)c2ccccc2)c([PH+](c2ccccc2)c2ccccc2)cc1C.[Au+].[Au+].[C-]#Cc1c2ccccc2cc2ccccc12.[C-]#Cc1c2ccccc2cc2ccccc12. The third-order valence-electron chi connectivity index (χ3n) is 12.2. The van der Waals surface area contributed by atoms with Gasteiger partial charge in [0.05, 0.1) is 0 Å². The van der Waals surface area contributed by atoms with Crippen molar-refractivity contribution in [3.63, 3.8) is 0 Å². The van der Waals surface area contributed by atoms with Gasteiger partial charge in [-0.25, -0.2) is 0 Å². The van der Waals surface area contributed by atoms with Gasteiger partial charge in [-0.05, 0) is 119 Å². The average molecular weight is 1270 g/mol. The molecule has 0 saturated heterocycles. The van der Waals surface area contributed by atoms with Crippen LogP contribution in [0.1, 0.15) is 22.3 Å². The van der Waals surface area contributed by atoms with Crippen molar-refractivity contribution in [3.8, 4) is 11.8 Å². The summed E-state index contributed by atoms with van der Waals surface area (Å²) < 4.78 is 0. The van der Waals surface area contributed by atoms with E-state index in [1.54, 1.807) is 0 Å². The number of rotatable bonds is 6. The van der Waals surface area contributed by atoms with Crippen LogP contribution in [0.4, 0.5) is 0 Å². The van der Waals surface area contributed by atoms with Gasteiger partial charge in [0.2, 0.25) is 0 Å². The number of benzene rings is 11. The summed E-state index contributed by atoms with van der Waals surface area (Å²) in [6, 6.07) is 86.3. The van der Waals surface area contributed by atoms with Gasteiger partial charge in [0.25, 0.3) is 0 Å². The molecule has 11 aromatic carbocycles. The van der Waals surface area contributed by atoms with Gasteiger partial charge in [-0.3, -0.25) is 11.8 Å². The maximum absolute atomic E-state index is 7.46. The second kappa shape index (κ2) is 23.8. The van der Waals surface area contributed by atoms with Crippen LogP contribution in [0, 0.1) is 38.5 Å². The first kappa shape index (κ1) is 49.8. The molecular weight excluding hydrogens is 1220 g/mol. The molecule has 0 nitrogen and oxygen atoms in total. The molecule has 0 aromatic heterocycles. The number of hydrogen-bond acceptors (Lipinski definition) is 0. The van der Waals surface area contributed by atoms with Gasteiger partial charge in [-0.15, -0.1) is 11.1 Å². The Bertz CT molecular complexity index is 3100. The third kappa shape index (κ3) is 10.9. The standard InChI is InChI=1S/C32H28P2.2C16H9.2Au/c1-25-23-31(33(27-15-7-3-8-16-27)28-17-9-4-10-18-28)32(24-26(25)2)34(29-19-11-5-12-20-29)30-21-13-6-14-22-30;2*1-2-14-15-9-5-3-7-12(15)11-13-8-4-6-10-16(13)14;;/h3-24H,1-2H3;2*3-11H;;/q;2*-1;2*+1/p+2. The van der Waals surface area contributed by atoms with Crippen LogP contribution in [-0.2, 0) is 44.8 Å². The summed E-state index contributed by atoms with van der Waals surface area (Å²) in [5.74, 6) is 5.13. The molecule has 0 heterocycles. The van der Waals surface area contributed by atoms with Gasteiger partial charge < -0.3 is 12.8 Å². The smallest absolute Gasteiger partial charge is 0.366 e. The molecule has 0 radical (unpaired) electrons. The van der Waals surface area contributed by atoms with E-state index in [1.165, 1.54) is 43.0 Å². The molecule has 0 atom stereocenters. The molecule has 0 amide bonds. The van der Waals surface area contributed by atoms with Gasteiger partial charge in [0.15, 0.2) is 0 Å². The Morgan fingerprint density at radius 1 is 0.294 bits per heavy atom. The van der Waals surface area contributed by atoms with Crippen LogP contribution in [0.5, 0.6) is 0 Å². The van der Waals surface area contributed by atoms with E-state index >= 15 is 0 Å². The second-order valence-electron chi connectivity index (χ2n) is 16.3. The van der Waals surface area contributed by atoms with Crippen LogP contribution in [0.2, 0.25) is 0 Å². The quantitative estimate of drug-likeness (QED) is 0.0512. The van der Waals surface area contributed by atoms with Gasteiger partial charge in [0.1, 0.15) is 47.7 Å². The van der Waals surface area contributed by atoms with Crippen molar-refractivity contribution >= 4 is 90.8 Å². The molecule has 0 spiro atoms. The van der Waals surface area contributed by atoms with Crippen molar-refractivity contribution in [2.75, 3.05) is 0 Å². The summed E-state index contributed by atoms with van der Waals surface area (Å²) in [6.45, 7) is 4.52. The van der Waals surface area contributed by atoms with Gasteiger partial charge in [-0.2, -0.15) is 0 Å². The minimum absolute atomic E-state index is 0. The minimum atomic E-state index is -1.18. The summed E-state index contributed by atoms with van der Waals surface area (Å²) in [4.78, 5) is 0. The molecule has 11 rings (SSSR count). The van der Waals surface area contributed by atoms with Crippen LogP contribution in [0.25, 0.3) is 43.1 Å². The second-order valence-corrected chi connectivity index (χ2v) is 21.2. The molecule has 0 unspecified atom stereocenters. The molecule has 4 heteroatoms. The van der Waals surface area contributed by atoms with E-state index in [2.05, 4.69) is 196 Å².